The minimum absolute atomic E-state index is 0.167. The Morgan fingerprint density at radius 3 is 2.78 bits per heavy atom. The van der Waals surface area contributed by atoms with E-state index in [0.717, 1.165) is 5.56 Å². The van der Waals surface area contributed by atoms with Gasteiger partial charge in [0.05, 0.1) is 13.5 Å². The van der Waals surface area contributed by atoms with Crippen molar-refractivity contribution in [3.05, 3.63) is 82.6 Å². The second kappa shape index (κ2) is 8.22. The third-order valence-corrected chi connectivity index (χ3v) is 4.60. The van der Waals surface area contributed by atoms with Crippen LogP contribution in [-0.2, 0) is 18.3 Å². The maximum Gasteiger partial charge on any atom is 0.225 e. The molecule has 0 unspecified atom stereocenters. The number of halogens is 2. The fourth-order valence-electron chi connectivity index (χ4n) is 2.85. The van der Waals surface area contributed by atoms with Crippen molar-refractivity contribution in [3.63, 3.8) is 0 Å². The van der Waals surface area contributed by atoms with Gasteiger partial charge in [0.2, 0.25) is 5.91 Å². The zero-order chi connectivity index (χ0) is 19.4. The number of ether oxygens (including phenoxy) is 1. The lowest BCUT2D eigenvalue weighted by Gasteiger charge is -2.20. The van der Waals surface area contributed by atoms with E-state index in [1.807, 2.05) is 35.9 Å². The zero-order valence-electron chi connectivity index (χ0n) is 14.9. The van der Waals surface area contributed by atoms with Crippen molar-refractivity contribution in [3.8, 4) is 5.75 Å². The molecule has 7 heteroatoms. The number of hydrogen-bond acceptors (Lipinski definition) is 3. The van der Waals surface area contributed by atoms with E-state index in [1.165, 1.54) is 12.1 Å². The van der Waals surface area contributed by atoms with Gasteiger partial charge in [-0.1, -0.05) is 29.8 Å². The predicted molar refractivity (Wildman–Crippen MR) is 101 cm³/mol. The molecule has 1 amide bonds. The molecule has 0 fully saturated rings. The van der Waals surface area contributed by atoms with Gasteiger partial charge < -0.3 is 14.6 Å². The molecule has 0 radical (unpaired) electrons. The molecule has 3 aromatic rings. The van der Waals surface area contributed by atoms with Crippen LogP contribution in [0, 0.1) is 5.82 Å². The lowest BCUT2D eigenvalue weighted by atomic mass is 10.0. The van der Waals surface area contributed by atoms with Gasteiger partial charge in [0, 0.05) is 30.0 Å². The van der Waals surface area contributed by atoms with Crippen LogP contribution < -0.4 is 10.1 Å². The fourth-order valence-corrected chi connectivity index (χ4v) is 3.08. The summed E-state index contributed by atoms with van der Waals surface area (Å²) in [7, 11) is 3.42. The molecule has 1 aromatic heterocycles. The smallest absolute Gasteiger partial charge is 0.225 e. The van der Waals surface area contributed by atoms with E-state index < -0.39 is 11.9 Å². The molecule has 1 N–H and O–H groups in total. The molecule has 0 spiro atoms. The number of nitrogens with one attached hydrogen (secondary N) is 1. The van der Waals surface area contributed by atoms with E-state index in [9.17, 15) is 9.18 Å². The predicted octanol–water partition coefficient (Wildman–Crippen LogP) is 3.67. The van der Waals surface area contributed by atoms with Crippen LogP contribution in [0.15, 0.2) is 54.9 Å². The van der Waals surface area contributed by atoms with Crippen LogP contribution in [0.3, 0.4) is 0 Å². The van der Waals surface area contributed by atoms with E-state index >= 15 is 0 Å². The summed E-state index contributed by atoms with van der Waals surface area (Å²) in [6.07, 6.45) is 3.28. The first-order valence-corrected chi connectivity index (χ1v) is 8.71. The number of carbonyl (C=O) groups excluding carboxylic acids is 1. The molecular weight excluding hydrogens is 369 g/mol. The number of benzene rings is 2. The van der Waals surface area contributed by atoms with E-state index in [1.54, 1.807) is 25.6 Å². The van der Waals surface area contributed by atoms with Crippen molar-refractivity contribution in [2.45, 2.75) is 12.5 Å². The van der Waals surface area contributed by atoms with Crippen LogP contribution in [0.1, 0.15) is 23.0 Å². The molecular formula is C20H19ClFN3O2. The summed E-state index contributed by atoms with van der Waals surface area (Å²) in [6, 6.07) is 11.2. The Kier molecular flexibility index (Phi) is 5.76. The molecule has 3 rings (SSSR count). The van der Waals surface area contributed by atoms with Crippen LogP contribution in [0.25, 0.3) is 0 Å². The molecule has 140 valence electrons. The Morgan fingerprint density at radius 2 is 2.11 bits per heavy atom. The van der Waals surface area contributed by atoms with Gasteiger partial charge in [-0.15, -0.1) is 0 Å². The molecule has 0 aliphatic rings. The summed E-state index contributed by atoms with van der Waals surface area (Å²) in [6.45, 7) is 0. The first-order valence-electron chi connectivity index (χ1n) is 8.33. The van der Waals surface area contributed by atoms with Gasteiger partial charge in [-0.2, -0.15) is 0 Å². The van der Waals surface area contributed by atoms with Crippen molar-refractivity contribution in [1.82, 2.24) is 14.9 Å². The van der Waals surface area contributed by atoms with Gasteiger partial charge in [-0.3, -0.25) is 4.79 Å². The van der Waals surface area contributed by atoms with Crippen molar-refractivity contribution in [2.24, 2.45) is 7.05 Å². The highest BCUT2D eigenvalue weighted by Crippen LogP contribution is 2.25. The number of rotatable bonds is 6. The highest BCUT2D eigenvalue weighted by molar-refractivity contribution is 6.31. The standard InChI is InChI=1S/C20H19ClFN3O2/c1-25-10-9-23-20(25)19(13-5-3-6-14(11-13)27-2)24-18(26)12-15-16(21)7-4-8-17(15)22/h3-11,19H,12H2,1-2H3,(H,24,26)/t19-/m1/s1. The van der Waals surface area contributed by atoms with Crippen molar-refractivity contribution < 1.29 is 13.9 Å². The Bertz CT molecular complexity index is 938. The summed E-state index contributed by atoms with van der Waals surface area (Å²) in [4.78, 5) is 17.0. The summed E-state index contributed by atoms with van der Waals surface area (Å²) < 4.78 is 21.1. The average molecular weight is 388 g/mol. The molecule has 0 saturated carbocycles. The molecule has 1 atom stereocenters. The SMILES string of the molecule is COc1cccc([C@@H](NC(=O)Cc2c(F)cccc2Cl)c2nccn2C)c1. The number of amides is 1. The van der Waals surface area contributed by atoms with E-state index in [-0.39, 0.29) is 22.9 Å². The van der Waals surface area contributed by atoms with Crippen LogP contribution in [0.5, 0.6) is 5.75 Å². The van der Waals surface area contributed by atoms with Crippen molar-refractivity contribution >= 4 is 17.5 Å². The topological polar surface area (TPSA) is 56.1 Å². The maximum absolute atomic E-state index is 14.0. The average Bonchev–Trinajstić information content (AvgIpc) is 3.08. The lowest BCUT2D eigenvalue weighted by molar-refractivity contribution is -0.121. The fraction of sp³-hybridized carbons (Fsp3) is 0.200. The summed E-state index contributed by atoms with van der Waals surface area (Å²) in [5.74, 6) is 0.444. The van der Waals surface area contributed by atoms with Crippen LogP contribution in [0.2, 0.25) is 5.02 Å². The monoisotopic (exact) mass is 387 g/mol. The Hall–Kier alpha value is -2.86. The molecule has 0 aliphatic heterocycles. The Balaban J connectivity index is 1.90. The highest BCUT2D eigenvalue weighted by atomic mass is 35.5. The van der Waals surface area contributed by atoms with Gasteiger partial charge in [0.15, 0.2) is 0 Å². The van der Waals surface area contributed by atoms with E-state index in [2.05, 4.69) is 10.3 Å². The number of aryl methyl sites for hydroxylation is 1. The summed E-state index contributed by atoms with van der Waals surface area (Å²) in [5, 5.41) is 3.15. The minimum atomic E-state index is -0.516. The summed E-state index contributed by atoms with van der Waals surface area (Å²) >= 11 is 6.04. The normalized spacial score (nSPS) is 11.9. The zero-order valence-corrected chi connectivity index (χ0v) is 15.7. The summed E-state index contributed by atoms with van der Waals surface area (Å²) in [5.41, 5.74) is 0.970. The van der Waals surface area contributed by atoms with Gasteiger partial charge >= 0.3 is 0 Å². The molecule has 0 aliphatic carbocycles. The highest BCUT2D eigenvalue weighted by Gasteiger charge is 2.22. The van der Waals surface area contributed by atoms with Crippen molar-refractivity contribution in [2.75, 3.05) is 7.11 Å². The number of carbonyl (C=O) groups is 1. The number of aromatic nitrogens is 2. The Morgan fingerprint density at radius 1 is 1.33 bits per heavy atom. The largest absolute Gasteiger partial charge is 0.497 e. The number of imidazole rings is 1. The number of methoxy groups -OCH3 is 1. The second-order valence-electron chi connectivity index (χ2n) is 6.05. The van der Waals surface area contributed by atoms with E-state index in [4.69, 9.17) is 16.3 Å². The first-order chi connectivity index (χ1) is 13.0. The third-order valence-electron chi connectivity index (χ3n) is 4.25. The molecule has 27 heavy (non-hydrogen) atoms. The maximum atomic E-state index is 14.0. The number of nitrogens with zero attached hydrogens (tertiary/aromatic N) is 2. The quantitative estimate of drug-likeness (QED) is 0.702. The second-order valence-corrected chi connectivity index (χ2v) is 6.46. The van der Waals surface area contributed by atoms with Crippen molar-refractivity contribution in [1.29, 1.82) is 0 Å². The van der Waals surface area contributed by atoms with E-state index in [0.29, 0.717) is 11.6 Å². The first kappa shape index (κ1) is 18.9. The number of hydrogen-bond donors (Lipinski definition) is 1. The Labute approximate surface area is 161 Å². The molecule has 1 heterocycles. The molecule has 0 bridgehead atoms. The minimum Gasteiger partial charge on any atom is -0.497 e. The molecule has 2 aromatic carbocycles. The molecule has 5 nitrogen and oxygen atoms in total. The van der Waals surface area contributed by atoms with Gasteiger partial charge in [0.25, 0.3) is 0 Å². The van der Waals surface area contributed by atoms with Gasteiger partial charge in [-0.25, -0.2) is 9.37 Å². The van der Waals surface area contributed by atoms with Crippen LogP contribution >= 0.6 is 11.6 Å². The third kappa shape index (κ3) is 4.28. The van der Waals surface area contributed by atoms with Gasteiger partial charge in [-0.05, 0) is 29.8 Å². The molecule has 0 saturated heterocycles. The van der Waals surface area contributed by atoms with Crippen LogP contribution in [-0.4, -0.2) is 22.6 Å². The lowest BCUT2D eigenvalue weighted by Crippen LogP contribution is -2.32. The van der Waals surface area contributed by atoms with Gasteiger partial charge in [0.1, 0.15) is 23.4 Å². The van der Waals surface area contributed by atoms with Crippen LogP contribution in [0.4, 0.5) is 4.39 Å².